The molecule has 1 amide bonds. The highest BCUT2D eigenvalue weighted by Gasteiger charge is 2.25. The van der Waals surface area contributed by atoms with Gasteiger partial charge in [-0.1, -0.05) is 29.3 Å². The third-order valence-electron chi connectivity index (χ3n) is 4.43. The molecule has 3 rings (SSSR count). The summed E-state index contributed by atoms with van der Waals surface area (Å²) in [6.07, 6.45) is 3.85. The molecule has 3 aromatic rings. The van der Waals surface area contributed by atoms with E-state index in [2.05, 4.69) is 0 Å². The number of thiophene rings is 1. The smallest absolute Gasteiger partial charge is 0.257 e. The molecule has 0 aliphatic heterocycles. The minimum Gasteiger partial charge on any atom is -0.395 e. The van der Waals surface area contributed by atoms with Gasteiger partial charge in [0.15, 0.2) is 0 Å². The van der Waals surface area contributed by atoms with E-state index in [9.17, 15) is 9.90 Å². The van der Waals surface area contributed by atoms with Crippen LogP contribution in [-0.4, -0.2) is 33.6 Å². The molecule has 7 heteroatoms. The number of aryl methyl sites for hydroxylation is 1. The Hall–Kier alpha value is -1.79. The van der Waals surface area contributed by atoms with Crippen molar-refractivity contribution in [3.05, 3.63) is 74.3 Å². The SMILES string of the molecule is Cc1sc(-n2cccc2)c(C(=O)N(CCO)Cc2ccc(Cl)c(Cl)c2)c1C. The third kappa shape index (κ3) is 4.22. The van der Waals surface area contributed by atoms with Crippen molar-refractivity contribution >= 4 is 40.4 Å². The second-order valence-electron chi connectivity index (χ2n) is 6.25. The monoisotopic (exact) mass is 422 g/mol. The zero-order valence-electron chi connectivity index (χ0n) is 15.1. The van der Waals surface area contributed by atoms with Crippen LogP contribution in [0.5, 0.6) is 0 Å². The van der Waals surface area contributed by atoms with Crippen molar-refractivity contribution < 1.29 is 9.90 Å². The largest absolute Gasteiger partial charge is 0.395 e. The predicted molar refractivity (Wildman–Crippen MR) is 111 cm³/mol. The van der Waals surface area contributed by atoms with Gasteiger partial charge in [0.1, 0.15) is 5.00 Å². The van der Waals surface area contributed by atoms with Crippen molar-refractivity contribution in [2.75, 3.05) is 13.2 Å². The lowest BCUT2D eigenvalue weighted by Gasteiger charge is -2.23. The van der Waals surface area contributed by atoms with E-state index < -0.39 is 0 Å². The van der Waals surface area contributed by atoms with Crippen LogP contribution < -0.4 is 0 Å². The van der Waals surface area contributed by atoms with Gasteiger partial charge < -0.3 is 14.6 Å². The number of benzene rings is 1. The van der Waals surface area contributed by atoms with E-state index >= 15 is 0 Å². The second-order valence-corrected chi connectivity index (χ2v) is 8.27. The van der Waals surface area contributed by atoms with Crippen LogP contribution in [0.4, 0.5) is 0 Å². The Balaban J connectivity index is 1.97. The van der Waals surface area contributed by atoms with Gasteiger partial charge in [0.05, 0.1) is 22.2 Å². The molecule has 0 atom stereocenters. The number of aromatic nitrogens is 1. The number of carbonyl (C=O) groups excluding carboxylic acids is 1. The number of aliphatic hydroxyl groups excluding tert-OH is 1. The molecular weight excluding hydrogens is 403 g/mol. The molecule has 1 N–H and O–H groups in total. The highest BCUT2D eigenvalue weighted by Crippen LogP contribution is 2.32. The molecule has 2 heterocycles. The summed E-state index contributed by atoms with van der Waals surface area (Å²) in [5.74, 6) is -0.110. The summed E-state index contributed by atoms with van der Waals surface area (Å²) in [5, 5.41) is 11.3. The molecule has 0 bridgehead atoms. The molecule has 1 aromatic carbocycles. The molecule has 0 spiro atoms. The fourth-order valence-electron chi connectivity index (χ4n) is 2.90. The Kier molecular flexibility index (Phi) is 6.27. The highest BCUT2D eigenvalue weighted by molar-refractivity contribution is 7.15. The normalized spacial score (nSPS) is 11.0. The molecular formula is C20H20Cl2N2O2S. The summed E-state index contributed by atoms with van der Waals surface area (Å²) in [6.45, 7) is 4.43. The number of hydrogen-bond donors (Lipinski definition) is 1. The number of amides is 1. The summed E-state index contributed by atoms with van der Waals surface area (Å²) in [5.41, 5.74) is 2.49. The highest BCUT2D eigenvalue weighted by atomic mass is 35.5. The van der Waals surface area contributed by atoms with Gasteiger partial charge in [-0.15, -0.1) is 11.3 Å². The molecule has 0 saturated carbocycles. The zero-order valence-corrected chi connectivity index (χ0v) is 17.4. The molecule has 0 aliphatic rings. The molecule has 142 valence electrons. The lowest BCUT2D eigenvalue weighted by molar-refractivity contribution is 0.0707. The topological polar surface area (TPSA) is 45.5 Å². The lowest BCUT2D eigenvalue weighted by atomic mass is 10.1. The zero-order chi connectivity index (χ0) is 19.6. The van der Waals surface area contributed by atoms with Crippen LogP contribution in [0.1, 0.15) is 26.4 Å². The van der Waals surface area contributed by atoms with E-state index in [4.69, 9.17) is 23.2 Å². The van der Waals surface area contributed by atoms with Crippen LogP contribution in [0.25, 0.3) is 5.00 Å². The van der Waals surface area contributed by atoms with Crippen LogP contribution in [0.2, 0.25) is 10.0 Å². The summed E-state index contributed by atoms with van der Waals surface area (Å²) < 4.78 is 1.95. The number of rotatable bonds is 6. The van der Waals surface area contributed by atoms with Crippen molar-refractivity contribution in [1.82, 2.24) is 9.47 Å². The van der Waals surface area contributed by atoms with Crippen LogP contribution in [0.3, 0.4) is 0 Å². The van der Waals surface area contributed by atoms with Gasteiger partial charge in [-0.2, -0.15) is 0 Å². The minimum atomic E-state index is -0.117. The first kappa shape index (κ1) is 20.0. The standard InChI is InChI=1S/C20H20Cl2N2O2S/c1-13-14(2)27-20(23-7-3-4-8-23)18(13)19(26)24(9-10-25)12-15-5-6-16(21)17(22)11-15/h3-8,11,25H,9-10,12H2,1-2H3. The average Bonchev–Trinajstić information content (AvgIpc) is 3.26. The van der Waals surface area contributed by atoms with Crippen molar-refractivity contribution in [3.63, 3.8) is 0 Å². The summed E-state index contributed by atoms with van der Waals surface area (Å²) in [7, 11) is 0. The van der Waals surface area contributed by atoms with Crippen LogP contribution in [0, 0.1) is 13.8 Å². The van der Waals surface area contributed by atoms with Gasteiger partial charge in [-0.25, -0.2) is 0 Å². The fraction of sp³-hybridized carbons (Fsp3) is 0.250. The maximum Gasteiger partial charge on any atom is 0.257 e. The van der Waals surface area contributed by atoms with Gasteiger partial charge in [0, 0.05) is 30.4 Å². The minimum absolute atomic E-state index is 0.110. The Bertz CT molecular complexity index is 951. The van der Waals surface area contributed by atoms with E-state index in [1.54, 1.807) is 28.4 Å². The number of halogens is 2. The van der Waals surface area contributed by atoms with E-state index in [0.717, 1.165) is 21.0 Å². The quantitative estimate of drug-likeness (QED) is 0.600. The van der Waals surface area contributed by atoms with Gasteiger partial charge in [0.2, 0.25) is 0 Å². The third-order valence-corrected chi connectivity index (χ3v) is 6.39. The first-order valence-electron chi connectivity index (χ1n) is 8.49. The lowest BCUT2D eigenvalue weighted by Crippen LogP contribution is -2.33. The fourth-order valence-corrected chi connectivity index (χ4v) is 4.34. The van der Waals surface area contributed by atoms with Crippen molar-refractivity contribution in [2.24, 2.45) is 0 Å². The first-order valence-corrected chi connectivity index (χ1v) is 10.1. The van der Waals surface area contributed by atoms with Crippen molar-refractivity contribution in [2.45, 2.75) is 20.4 Å². The first-order chi connectivity index (χ1) is 12.9. The molecule has 0 unspecified atom stereocenters. The Morgan fingerprint density at radius 1 is 1.19 bits per heavy atom. The molecule has 0 aliphatic carbocycles. The van der Waals surface area contributed by atoms with E-state index in [1.807, 2.05) is 49.0 Å². The van der Waals surface area contributed by atoms with Crippen LogP contribution >= 0.6 is 34.5 Å². The molecule has 0 fully saturated rings. The second kappa shape index (κ2) is 8.48. The number of hydrogen-bond acceptors (Lipinski definition) is 3. The van der Waals surface area contributed by atoms with Gasteiger partial charge in [-0.05, 0) is 49.2 Å². The molecule has 2 aromatic heterocycles. The number of aliphatic hydroxyl groups is 1. The van der Waals surface area contributed by atoms with E-state index in [1.165, 1.54) is 0 Å². The summed E-state index contributed by atoms with van der Waals surface area (Å²) in [6, 6.07) is 9.16. The van der Waals surface area contributed by atoms with E-state index in [0.29, 0.717) is 22.2 Å². The van der Waals surface area contributed by atoms with Crippen LogP contribution in [-0.2, 0) is 6.54 Å². The Labute approximate surface area is 172 Å². The summed E-state index contributed by atoms with van der Waals surface area (Å²) >= 11 is 13.7. The van der Waals surface area contributed by atoms with Crippen molar-refractivity contribution in [3.8, 4) is 5.00 Å². The molecule has 0 radical (unpaired) electrons. The maximum atomic E-state index is 13.4. The summed E-state index contributed by atoms with van der Waals surface area (Å²) in [4.78, 5) is 16.1. The predicted octanol–water partition coefficient (Wildman–Crippen LogP) is 5.10. The van der Waals surface area contributed by atoms with Gasteiger partial charge in [0.25, 0.3) is 5.91 Å². The number of nitrogens with zero attached hydrogens (tertiary/aromatic N) is 2. The van der Waals surface area contributed by atoms with Crippen LogP contribution in [0.15, 0.2) is 42.7 Å². The van der Waals surface area contributed by atoms with E-state index in [-0.39, 0.29) is 19.1 Å². The maximum absolute atomic E-state index is 13.4. The van der Waals surface area contributed by atoms with Gasteiger partial charge >= 0.3 is 0 Å². The Morgan fingerprint density at radius 3 is 2.52 bits per heavy atom. The van der Waals surface area contributed by atoms with Crippen molar-refractivity contribution in [1.29, 1.82) is 0 Å². The average molecular weight is 423 g/mol. The molecule has 0 saturated heterocycles. The number of carbonyl (C=O) groups is 1. The Morgan fingerprint density at radius 2 is 1.89 bits per heavy atom. The molecule has 27 heavy (non-hydrogen) atoms. The van der Waals surface area contributed by atoms with Gasteiger partial charge in [-0.3, -0.25) is 4.79 Å². The molecule has 4 nitrogen and oxygen atoms in total.